The van der Waals surface area contributed by atoms with Crippen molar-refractivity contribution in [2.45, 2.75) is 25.8 Å². The van der Waals surface area contributed by atoms with Gasteiger partial charge in [-0.2, -0.15) is 0 Å². The Bertz CT molecular complexity index is 220. The van der Waals surface area contributed by atoms with Gasteiger partial charge >= 0.3 is 6.03 Å². The van der Waals surface area contributed by atoms with Gasteiger partial charge in [-0.25, -0.2) is 4.79 Å². The molecule has 0 heterocycles. The van der Waals surface area contributed by atoms with E-state index in [1.807, 2.05) is 6.92 Å². The van der Waals surface area contributed by atoms with Crippen LogP contribution in [0.15, 0.2) is 0 Å². The van der Waals surface area contributed by atoms with Crippen molar-refractivity contribution in [3.63, 3.8) is 0 Å². The first-order chi connectivity index (χ1) is 6.13. The van der Waals surface area contributed by atoms with Crippen LogP contribution in [0.4, 0.5) is 4.79 Å². The number of imide groups is 1. The highest BCUT2D eigenvalue weighted by Crippen LogP contribution is 2.28. The van der Waals surface area contributed by atoms with E-state index in [-0.39, 0.29) is 24.2 Å². The van der Waals surface area contributed by atoms with Crippen molar-refractivity contribution in [3.05, 3.63) is 0 Å². The smallest absolute Gasteiger partial charge is 0.321 e. The number of carbonyl (C=O) groups is 2. The van der Waals surface area contributed by atoms with E-state index in [1.54, 1.807) is 0 Å². The third-order valence-electron chi connectivity index (χ3n) is 2.00. The molecule has 0 aromatic rings. The third-order valence-corrected chi connectivity index (χ3v) is 2.19. The van der Waals surface area contributed by atoms with Gasteiger partial charge in [0.25, 0.3) is 0 Å². The molecule has 1 aliphatic rings. The number of halogens is 1. The van der Waals surface area contributed by atoms with Gasteiger partial charge in [-0.15, -0.1) is 11.6 Å². The molecule has 5 heteroatoms. The highest BCUT2D eigenvalue weighted by Gasteiger charge is 2.33. The zero-order valence-corrected chi connectivity index (χ0v) is 8.23. The maximum atomic E-state index is 11.0. The molecular formula is C8H13ClN2O2. The number of rotatable bonds is 3. The molecule has 0 aromatic carbocycles. The number of nitrogens with one attached hydrogen (secondary N) is 2. The molecule has 0 radical (unpaired) electrons. The Morgan fingerprint density at radius 2 is 2.15 bits per heavy atom. The quantitative estimate of drug-likeness (QED) is 0.670. The third kappa shape index (κ3) is 3.63. The van der Waals surface area contributed by atoms with Crippen molar-refractivity contribution in [1.82, 2.24) is 10.6 Å². The molecule has 0 spiro atoms. The first-order valence-electron chi connectivity index (χ1n) is 4.29. The lowest BCUT2D eigenvalue weighted by atomic mass is 10.4. The first kappa shape index (κ1) is 10.3. The fourth-order valence-corrected chi connectivity index (χ4v) is 1.17. The van der Waals surface area contributed by atoms with Crippen molar-refractivity contribution >= 4 is 23.5 Å². The van der Waals surface area contributed by atoms with Crippen LogP contribution < -0.4 is 10.6 Å². The molecule has 2 atom stereocenters. The molecule has 1 rings (SSSR count). The summed E-state index contributed by atoms with van der Waals surface area (Å²) in [6, 6.07) is -0.173. The normalized spacial score (nSPS) is 25.1. The van der Waals surface area contributed by atoms with Crippen molar-refractivity contribution in [3.8, 4) is 0 Å². The van der Waals surface area contributed by atoms with E-state index >= 15 is 0 Å². The second kappa shape index (κ2) is 4.46. The average Bonchev–Trinajstić information content (AvgIpc) is 2.65. The van der Waals surface area contributed by atoms with E-state index in [2.05, 4.69) is 10.6 Å². The number of hydrogen-bond donors (Lipinski definition) is 2. The van der Waals surface area contributed by atoms with Gasteiger partial charge in [0.1, 0.15) is 0 Å². The highest BCUT2D eigenvalue weighted by molar-refractivity contribution is 6.19. The van der Waals surface area contributed by atoms with Crippen molar-refractivity contribution in [2.75, 3.05) is 5.88 Å². The molecule has 2 N–H and O–H groups in total. The summed E-state index contributed by atoms with van der Waals surface area (Å²) in [5, 5.41) is 4.88. The minimum Gasteiger partial charge on any atom is -0.335 e. The number of hydrogen-bond acceptors (Lipinski definition) is 2. The molecule has 1 saturated carbocycles. The standard InChI is InChI=1S/C8H13ClN2O2/c1-5-4-6(5)10-8(13)11-7(12)2-3-9/h5-6H,2-4H2,1H3,(H2,10,11,12,13). The monoisotopic (exact) mass is 204 g/mol. The van der Waals surface area contributed by atoms with E-state index in [0.29, 0.717) is 5.92 Å². The molecule has 2 unspecified atom stereocenters. The van der Waals surface area contributed by atoms with Crippen LogP contribution in [-0.2, 0) is 4.79 Å². The van der Waals surface area contributed by atoms with Gasteiger partial charge in [-0.1, -0.05) is 6.92 Å². The molecule has 0 bridgehead atoms. The second-order valence-corrected chi connectivity index (χ2v) is 3.66. The van der Waals surface area contributed by atoms with Crippen molar-refractivity contribution in [2.24, 2.45) is 5.92 Å². The van der Waals surface area contributed by atoms with Crippen LogP contribution in [0.25, 0.3) is 0 Å². The summed E-state index contributed by atoms with van der Waals surface area (Å²) in [4.78, 5) is 21.9. The SMILES string of the molecule is CC1CC1NC(=O)NC(=O)CCCl. The Morgan fingerprint density at radius 1 is 1.54 bits per heavy atom. The molecule has 0 saturated heterocycles. The fraction of sp³-hybridized carbons (Fsp3) is 0.750. The predicted molar refractivity (Wildman–Crippen MR) is 49.6 cm³/mol. The maximum absolute atomic E-state index is 11.0. The van der Waals surface area contributed by atoms with Crippen molar-refractivity contribution in [1.29, 1.82) is 0 Å². The summed E-state index contributed by atoms with van der Waals surface area (Å²) in [6.07, 6.45) is 1.17. The van der Waals surface area contributed by atoms with Crippen LogP contribution in [0.2, 0.25) is 0 Å². The first-order valence-corrected chi connectivity index (χ1v) is 4.83. The summed E-state index contributed by atoms with van der Waals surface area (Å²) in [7, 11) is 0. The number of urea groups is 1. The second-order valence-electron chi connectivity index (χ2n) is 3.28. The van der Waals surface area contributed by atoms with E-state index in [1.165, 1.54) is 0 Å². The van der Waals surface area contributed by atoms with Crippen LogP contribution in [0.3, 0.4) is 0 Å². The van der Waals surface area contributed by atoms with E-state index < -0.39 is 6.03 Å². The summed E-state index contributed by atoms with van der Waals surface area (Å²) in [5.74, 6) is 0.438. The van der Waals surface area contributed by atoms with Crippen LogP contribution in [0.5, 0.6) is 0 Å². The molecule has 0 aromatic heterocycles. The number of alkyl halides is 1. The molecule has 3 amide bonds. The van der Waals surface area contributed by atoms with E-state index in [4.69, 9.17) is 11.6 Å². The summed E-state index contributed by atoms with van der Waals surface area (Å²) >= 11 is 5.33. The van der Waals surface area contributed by atoms with Crippen LogP contribution in [0, 0.1) is 5.92 Å². The minimum absolute atomic E-state index is 0.176. The number of carbonyl (C=O) groups excluding carboxylic acids is 2. The van der Waals surface area contributed by atoms with Gasteiger partial charge in [0.2, 0.25) is 5.91 Å². The fourth-order valence-electron chi connectivity index (χ4n) is 1.00. The molecule has 13 heavy (non-hydrogen) atoms. The lowest BCUT2D eigenvalue weighted by Crippen LogP contribution is -2.40. The zero-order valence-electron chi connectivity index (χ0n) is 7.47. The molecule has 4 nitrogen and oxygen atoms in total. The molecular weight excluding hydrogens is 192 g/mol. The van der Waals surface area contributed by atoms with Gasteiger partial charge in [0.05, 0.1) is 0 Å². The topological polar surface area (TPSA) is 58.2 Å². The van der Waals surface area contributed by atoms with Gasteiger partial charge in [0, 0.05) is 18.3 Å². The minimum atomic E-state index is -0.413. The summed E-state index contributed by atoms with van der Waals surface area (Å²) in [5.41, 5.74) is 0. The average molecular weight is 205 g/mol. The van der Waals surface area contributed by atoms with Gasteiger partial charge < -0.3 is 5.32 Å². The van der Waals surface area contributed by atoms with Gasteiger partial charge in [0.15, 0.2) is 0 Å². The maximum Gasteiger partial charge on any atom is 0.321 e. The van der Waals surface area contributed by atoms with Crippen LogP contribution >= 0.6 is 11.6 Å². The number of amides is 3. The van der Waals surface area contributed by atoms with E-state index in [9.17, 15) is 9.59 Å². The van der Waals surface area contributed by atoms with Gasteiger partial charge in [-0.3, -0.25) is 10.1 Å². The molecule has 74 valence electrons. The van der Waals surface area contributed by atoms with Crippen LogP contribution in [0.1, 0.15) is 19.8 Å². The molecule has 1 fully saturated rings. The Hall–Kier alpha value is -0.770. The van der Waals surface area contributed by atoms with Crippen molar-refractivity contribution < 1.29 is 9.59 Å². The van der Waals surface area contributed by atoms with E-state index in [0.717, 1.165) is 6.42 Å². The summed E-state index contributed by atoms with van der Waals surface area (Å²) in [6.45, 7) is 2.05. The zero-order chi connectivity index (χ0) is 9.84. The molecule has 1 aliphatic carbocycles. The predicted octanol–water partition coefficient (Wildman–Crippen LogP) is 0.850. The largest absolute Gasteiger partial charge is 0.335 e. The van der Waals surface area contributed by atoms with Gasteiger partial charge in [-0.05, 0) is 12.3 Å². The van der Waals surface area contributed by atoms with Crippen LogP contribution in [-0.4, -0.2) is 23.9 Å². The highest BCUT2D eigenvalue weighted by atomic mass is 35.5. The molecule has 0 aliphatic heterocycles. The Labute approximate surface area is 82.0 Å². The lowest BCUT2D eigenvalue weighted by molar-refractivity contribution is -0.119. The Morgan fingerprint density at radius 3 is 2.62 bits per heavy atom. The Kier molecular flexibility index (Phi) is 3.54. The lowest BCUT2D eigenvalue weighted by Gasteiger charge is -2.04. The Balaban J connectivity index is 2.13. The summed E-state index contributed by atoms with van der Waals surface area (Å²) < 4.78 is 0.